The largest absolute Gasteiger partial charge is 0.294 e. The first-order valence-corrected chi connectivity index (χ1v) is 8.48. The fraction of sp³-hybridized carbons (Fsp3) is 0.750. The summed E-state index contributed by atoms with van der Waals surface area (Å²) in [4.78, 5) is 2.40. The Kier molecular flexibility index (Phi) is 3.15. The van der Waals surface area contributed by atoms with Crippen LogP contribution in [-0.4, -0.2) is 58.8 Å². The number of aromatic nitrogens is 2. The molecule has 2 aliphatic rings. The first kappa shape index (κ1) is 13.1. The molecule has 3 rings (SSSR count). The molecule has 2 fully saturated rings. The maximum atomic E-state index is 11.7. The van der Waals surface area contributed by atoms with E-state index in [4.69, 9.17) is 0 Å². The maximum Gasteiger partial charge on any atom is 0.211 e. The van der Waals surface area contributed by atoms with Crippen LogP contribution >= 0.6 is 0 Å². The molecular weight excluding hydrogens is 264 g/mol. The number of sulfonamides is 1. The maximum absolute atomic E-state index is 11.7. The van der Waals surface area contributed by atoms with E-state index in [9.17, 15) is 8.42 Å². The molecule has 1 aromatic heterocycles. The minimum atomic E-state index is -3.06. The second-order valence-electron chi connectivity index (χ2n) is 5.58. The molecule has 106 valence electrons. The highest BCUT2D eigenvalue weighted by molar-refractivity contribution is 7.88. The van der Waals surface area contributed by atoms with Crippen molar-refractivity contribution in [2.45, 2.75) is 31.5 Å². The van der Waals surface area contributed by atoms with Crippen LogP contribution in [0.5, 0.6) is 0 Å². The number of fused-ring (bicyclic) bond motifs is 1. The van der Waals surface area contributed by atoms with Crippen LogP contribution in [0.15, 0.2) is 12.4 Å². The summed E-state index contributed by atoms with van der Waals surface area (Å²) in [6, 6.07) is 0.543. The molecule has 0 aliphatic carbocycles. The number of likely N-dealkylation sites (tertiary alicyclic amines) is 1. The normalized spacial score (nSPS) is 28.9. The minimum absolute atomic E-state index is 0.173. The molecule has 7 heteroatoms. The number of rotatable bonds is 3. The molecule has 2 atom stereocenters. The molecule has 2 aliphatic heterocycles. The summed E-state index contributed by atoms with van der Waals surface area (Å²) in [6.07, 6.45) is 7.11. The van der Waals surface area contributed by atoms with Crippen LogP contribution in [0.3, 0.4) is 0 Å². The van der Waals surface area contributed by atoms with Crippen molar-refractivity contribution in [3.8, 4) is 0 Å². The highest BCUT2D eigenvalue weighted by atomic mass is 32.2. The van der Waals surface area contributed by atoms with E-state index in [0.717, 1.165) is 25.9 Å². The Labute approximate surface area is 114 Å². The van der Waals surface area contributed by atoms with Crippen molar-refractivity contribution in [2.24, 2.45) is 7.05 Å². The molecule has 0 spiro atoms. The van der Waals surface area contributed by atoms with Gasteiger partial charge in [-0.15, -0.1) is 0 Å². The molecule has 0 radical (unpaired) electrons. The third-order valence-corrected chi connectivity index (χ3v) is 5.52. The molecule has 0 saturated carbocycles. The third-order valence-electron chi connectivity index (χ3n) is 4.21. The zero-order chi connectivity index (χ0) is 13.6. The summed E-state index contributed by atoms with van der Waals surface area (Å²) >= 11 is 0. The van der Waals surface area contributed by atoms with Gasteiger partial charge in [-0.25, -0.2) is 8.42 Å². The average molecular weight is 284 g/mol. The van der Waals surface area contributed by atoms with Gasteiger partial charge in [-0.05, 0) is 12.8 Å². The third kappa shape index (κ3) is 2.42. The van der Waals surface area contributed by atoms with E-state index < -0.39 is 10.0 Å². The summed E-state index contributed by atoms with van der Waals surface area (Å²) in [7, 11) is -1.14. The molecule has 1 aromatic rings. The van der Waals surface area contributed by atoms with E-state index in [-0.39, 0.29) is 6.04 Å². The van der Waals surface area contributed by atoms with Gasteiger partial charge in [-0.2, -0.15) is 9.40 Å². The van der Waals surface area contributed by atoms with Crippen molar-refractivity contribution in [3.05, 3.63) is 18.0 Å². The van der Waals surface area contributed by atoms with Crippen LogP contribution in [0.4, 0.5) is 0 Å². The zero-order valence-electron chi connectivity index (χ0n) is 11.4. The van der Waals surface area contributed by atoms with Crippen LogP contribution < -0.4 is 0 Å². The second kappa shape index (κ2) is 4.57. The van der Waals surface area contributed by atoms with E-state index in [0.29, 0.717) is 12.6 Å². The Morgan fingerprint density at radius 3 is 2.68 bits per heavy atom. The zero-order valence-corrected chi connectivity index (χ0v) is 12.2. The van der Waals surface area contributed by atoms with Gasteiger partial charge in [0.25, 0.3) is 0 Å². The predicted molar refractivity (Wildman–Crippen MR) is 72.0 cm³/mol. The van der Waals surface area contributed by atoms with Crippen molar-refractivity contribution >= 4 is 10.0 Å². The first-order valence-electron chi connectivity index (χ1n) is 6.63. The van der Waals surface area contributed by atoms with Crippen LogP contribution in [0.2, 0.25) is 0 Å². The Hall–Kier alpha value is -0.920. The van der Waals surface area contributed by atoms with Crippen molar-refractivity contribution in [2.75, 3.05) is 19.3 Å². The molecular formula is C12H20N4O2S. The summed E-state index contributed by atoms with van der Waals surface area (Å²) < 4.78 is 27.0. The number of hydrogen-bond donors (Lipinski definition) is 0. The molecule has 2 saturated heterocycles. The number of nitrogens with zero attached hydrogens (tertiary/aromatic N) is 4. The SMILES string of the molecule is Cn1cc(CN2CC[C@H]3[C@H]2CCN3S(C)(=O)=O)cn1. The molecule has 0 aromatic carbocycles. The Balaban J connectivity index is 1.72. The van der Waals surface area contributed by atoms with Gasteiger partial charge in [0.15, 0.2) is 0 Å². The molecule has 0 N–H and O–H groups in total. The predicted octanol–water partition coefficient (Wildman–Crippen LogP) is 0.0283. The van der Waals surface area contributed by atoms with E-state index in [2.05, 4.69) is 10.00 Å². The highest BCUT2D eigenvalue weighted by Crippen LogP contribution is 2.33. The summed E-state index contributed by atoms with van der Waals surface area (Å²) in [5.41, 5.74) is 1.20. The van der Waals surface area contributed by atoms with Crippen LogP contribution in [0.1, 0.15) is 18.4 Å². The van der Waals surface area contributed by atoms with Gasteiger partial charge in [0, 0.05) is 50.5 Å². The quantitative estimate of drug-likeness (QED) is 0.786. The van der Waals surface area contributed by atoms with Crippen LogP contribution in [0.25, 0.3) is 0 Å². The highest BCUT2D eigenvalue weighted by Gasteiger charge is 2.45. The minimum Gasteiger partial charge on any atom is -0.294 e. The lowest BCUT2D eigenvalue weighted by Gasteiger charge is -2.24. The monoisotopic (exact) mass is 284 g/mol. The standard InChI is InChI=1S/C12H20N4O2S/c1-14-8-10(7-13-14)9-15-5-3-12-11(15)4-6-16(12)19(2,17)18/h7-8,11-12H,3-6,9H2,1-2H3/t11-,12+/m1/s1. The Morgan fingerprint density at radius 2 is 2.05 bits per heavy atom. The van der Waals surface area contributed by atoms with Gasteiger partial charge in [0.05, 0.1) is 12.5 Å². The summed E-state index contributed by atoms with van der Waals surface area (Å²) in [6.45, 7) is 2.50. The van der Waals surface area contributed by atoms with Gasteiger partial charge in [-0.1, -0.05) is 0 Å². The lowest BCUT2D eigenvalue weighted by atomic mass is 10.1. The van der Waals surface area contributed by atoms with E-state index in [1.165, 1.54) is 11.8 Å². The van der Waals surface area contributed by atoms with Crippen molar-refractivity contribution in [3.63, 3.8) is 0 Å². The van der Waals surface area contributed by atoms with Crippen molar-refractivity contribution in [1.29, 1.82) is 0 Å². The first-order chi connectivity index (χ1) is 8.95. The summed E-state index contributed by atoms with van der Waals surface area (Å²) in [5, 5.41) is 4.18. The second-order valence-corrected chi connectivity index (χ2v) is 7.51. The van der Waals surface area contributed by atoms with Crippen LogP contribution in [0, 0.1) is 0 Å². The van der Waals surface area contributed by atoms with E-state index >= 15 is 0 Å². The average Bonchev–Trinajstić information content (AvgIpc) is 2.95. The number of hydrogen-bond acceptors (Lipinski definition) is 4. The van der Waals surface area contributed by atoms with Gasteiger partial charge in [0.2, 0.25) is 10.0 Å². The summed E-state index contributed by atoms with van der Waals surface area (Å²) in [5.74, 6) is 0. The molecule has 3 heterocycles. The van der Waals surface area contributed by atoms with Gasteiger partial charge in [0.1, 0.15) is 0 Å². The van der Waals surface area contributed by atoms with Gasteiger partial charge in [-0.3, -0.25) is 9.58 Å². The smallest absolute Gasteiger partial charge is 0.211 e. The topological polar surface area (TPSA) is 58.4 Å². The Bertz CT molecular complexity index is 568. The fourth-order valence-corrected chi connectivity index (χ4v) is 4.61. The molecule has 19 heavy (non-hydrogen) atoms. The molecule has 0 amide bonds. The van der Waals surface area contributed by atoms with Crippen molar-refractivity contribution < 1.29 is 8.42 Å². The van der Waals surface area contributed by atoms with Crippen LogP contribution in [-0.2, 0) is 23.6 Å². The fourth-order valence-electron chi connectivity index (χ4n) is 3.43. The molecule has 6 nitrogen and oxygen atoms in total. The van der Waals surface area contributed by atoms with Crippen molar-refractivity contribution in [1.82, 2.24) is 19.0 Å². The Morgan fingerprint density at radius 1 is 1.32 bits per heavy atom. The lowest BCUT2D eigenvalue weighted by molar-refractivity contribution is 0.240. The van der Waals surface area contributed by atoms with E-state index in [1.54, 1.807) is 8.99 Å². The molecule has 0 bridgehead atoms. The number of aryl methyl sites for hydroxylation is 1. The lowest BCUT2D eigenvalue weighted by Crippen LogP contribution is -2.38. The van der Waals surface area contributed by atoms with Gasteiger partial charge >= 0.3 is 0 Å². The molecule has 0 unspecified atom stereocenters. The van der Waals surface area contributed by atoms with E-state index in [1.807, 2.05) is 19.4 Å². The van der Waals surface area contributed by atoms with Gasteiger partial charge < -0.3 is 0 Å².